The third kappa shape index (κ3) is 5.63. The summed E-state index contributed by atoms with van der Waals surface area (Å²) in [7, 11) is 1.56. The number of amides is 1. The Hall–Kier alpha value is -4.44. The van der Waals surface area contributed by atoms with Gasteiger partial charge in [-0.05, 0) is 53.6 Å². The topological polar surface area (TPSA) is 89.8 Å². The van der Waals surface area contributed by atoms with Crippen LogP contribution in [0.2, 0.25) is 0 Å². The standard InChI is InChI=1S/C26H22N2O5/c1-30-23-13-18(14-24-26(23)32-11-10-31-24)8-9-25(29)28-21-6-3-7-22(15-21)33-17-20-5-2-4-19(12-20)16-27/h2-9,12-15H,10-11,17H2,1H3,(H,28,29)/b9-8+. The van der Waals surface area contributed by atoms with E-state index in [0.29, 0.717) is 54.1 Å². The molecule has 0 aromatic heterocycles. The molecule has 0 fully saturated rings. The molecule has 0 unspecified atom stereocenters. The first-order valence-corrected chi connectivity index (χ1v) is 10.3. The highest BCUT2D eigenvalue weighted by atomic mass is 16.6. The van der Waals surface area contributed by atoms with Crippen molar-refractivity contribution in [2.24, 2.45) is 0 Å². The lowest BCUT2D eigenvalue weighted by Crippen LogP contribution is -2.16. The van der Waals surface area contributed by atoms with Gasteiger partial charge in [-0.1, -0.05) is 18.2 Å². The van der Waals surface area contributed by atoms with E-state index in [-0.39, 0.29) is 5.91 Å². The van der Waals surface area contributed by atoms with Gasteiger partial charge in [-0.2, -0.15) is 5.26 Å². The first kappa shape index (κ1) is 21.8. The third-order valence-electron chi connectivity index (χ3n) is 4.84. The number of nitrogens with one attached hydrogen (secondary N) is 1. The lowest BCUT2D eigenvalue weighted by molar-refractivity contribution is -0.111. The summed E-state index contributed by atoms with van der Waals surface area (Å²) >= 11 is 0. The Morgan fingerprint density at radius 1 is 1.12 bits per heavy atom. The van der Waals surface area contributed by atoms with Crippen molar-refractivity contribution in [3.8, 4) is 29.1 Å². The van der Waals surface area contributed by atoms with Gasteiger partial charge in [0.15, 0.2) is 11.5 Å². The predicted octanol–water partition coefficient (Wildman–Crippen LogP) is 4.57. The van der Waals surface area contributed by atoms with Crippen molar-refractivity contribution in [3.63, 3.8) is 0 Å². The number of carbonyl (C=O) groups is 1. The number of benzene rings is 3. The second kappa shape index (κ2) is 10.2. The van der Waals surface area contributed by atoms with Crippen LogP contribution in [0.4, 0.5) is 5.69 Å². The van der Waals surface area contributed by atoms with E-state index in [0.717, 1.165) is 11.1 Å². The fourth-order valence-electron chi connectivity index (χ4n) is 3.31. The molecule has 0 atom stereocenters. The highest BCUT2D eigenvalue weighted by Crippen LogP contribution is 2.40. The van der Waals surface area contributed by atoms with E-state index >= 15 is 0 Å². The normalized spacial score (nSPS) is 12.1. The van der Waals surface area contributed by atoms with Crippen LogP contribution in [0, 0.1) is 11.3 Å². The minimum absolute atomic E-state index is 0.289. The van der Waals surface area contributed by atoms with Crippen LogP contribution in [0.1, 0.15) is 16.7 Å². The van der Waals surface area contributed by atoms with Gasteiger partial charge in [0.25, 0.3) is 0 Å². The quantitative estimate of drug-likeness (QED) is 0.539. The van der Waals surface area contributed by atoms with E-state index in [1.807, 2.05) is 12.1 Å². The van der Waals surface area contributed by atoms with Gasteiger partial charge in [-0.3, -0.25) is 4.79 Å². The molecule has 0 bridgehead atoms. The minimum atomic E-state index is -0.289. The number of anilines is 1. The molecule has 1 aliphatic rings. The summed E-state index contributed by atoms with van der Waals surface area (Å²) in [6, 6.07) is 20.1. The van der Waals surface area contributed by atoms with Crippen molar-refractivity contribution in [2.45, 2.75) is 6.61 Å². The van der Waals surface area contributed by atoms with Gasteiger partial charge in [0, 0.05) is 17.8 Å². The highest BCUT2D eigenvalue weighted by molar-refractivity contribution is 6.02. The van der Waals surface area contributed by atoms with E-state index in [4.69, 9.17) is 24.2 Å². The van der Waals surface area contributed by atoms with Gasteiger partial charge < -0.3 is 24.3 Å². The van der Waals surface area contributed by atoms with Crippen LogP contribution in [-0.4, -0.2) is 26.2 Å². The Morgan fingerprint density at radius 3 is 2.82 bits per heavy atom. The molecule has 1 amide bonds. The van der Waals surface area contributed by atoms with Crippen molar-refractivity contribution < 1.29 is 23.7 Å². The zero-order chi connectivity index (χ0) is 23.0. The van der Waals surface area contributed by atoms with Gasteiger partial charge >= 0.3 is 0 Å². The number of fused-ring (bicyclic) bond motifs is 1. The Bertz CT molecular complexity index is 1210. The summed E-state index contributed by atoms with van der Waals surface area (Å²) in [4.78, 5) is 12.4. The van der Waals surface area contributed by atoms with Crippen LogP contribution >= 0.6 is 0 Å². The largest absolute Gasteiger partial charge is 0.493 e. The first-order chi connectivity index (χ1) is 16.1. The molecular formula is C26H22N2O5. The number of ether oxygens (including phenoxy) is 4. The molecule has 0 saturated carbocycles. The Morgan fingerprint density at radius 2 is 1.97 bits per heavy atom. The zero-order valence-electron chi connectivity index (χ0n) is 18.0. The Kier molecular flexibility index (Phi) is 6.76. The molecule has 1 aliphatic heterocycles. The number of nitrogens with zero attached hydrogens (tertiary/aromatic N) is 1. The van der Waals surface area contributed by atoms with Crippen LogP contribution in [0.3, 0.4) is 0 Å². The number of hydrogen-bond acceptors (Lipinski definition) is 6. The SMILES string of the molecule is COc1cc(/C=C/C(=O)Nc2cccc(OCc3cccc(C#N)c3)c2)cc2c1OCCO2. The van der Waals surface area contributed by atoms with Gasteiger partial charge in [0.05, 0.1) is 18.7 Å². The molecule has 7 heteroatoms. The van der Waals surface area contributed by atoms with Gasteiger partial charge in [-0.25, -0.2) is 0 Å². The third-order valence-corrected chi connectivity index (χ3v) is 4.84. The summed E-state index contributed by atoms with van der Waals surface area (Å²) < 4.78 is 22.4. The first-order valence-electron chi connectivity index (χ1n) is 10.3. The second-order valence-corrected chi connectivity index (χ2v) is 7.20. The number of carbonyl (C=O) groups excluding carboxylic acids is 1. The summed E-state index contributed by atoms with van der Waals surface area (Å²) in [6.45, 7) is 1.25. The second-order valence-electron chi connectivity index (χ2n) is 7.20. The molecular weight excluding hydrogens is 420 g/mol. The molecule has 0 radical (unpaired) electrons. The minimum Gasteiger partial charge on any atom is -0.493 e. The molecule has 1 N–H and O–H groups in total. The smallest absolute Gasteiger partial charge is 0.248 e. The molecule has 4 rings (SSSR count). The molecule has 0 saturated heterocycles. The lowest BCUT2D eigenvalue weighted by atomic mass is 10.1. The van der Waals surface area contributed by atoms with Crippen molar-refractivity contribution in [1.82, 2.24) is 0 Å². The number of nitriles is 1. The number of rotatable bonds is 7. The van der Waals surface area contributed by atoms with Crippen molar-refractivity contribution in [2.75, 3.05) is 25.6 Å². The molecule has 3 aromatic rings. The number of hydrogen-bond donors (Lipinski definition) is 1. The average molecular weight is 442 g/mol. The van der Waals surface area contributed by atoms with Crippen LogP contribution < -0.4 is 24.3 Å². The van der Waals surface area contributed by atoms with E-state index in [9.17, 15) is 4.79 Å². The van der Waals surface area contributed by atoms with Crippen LogP contribution in [-0.2, 0) is 11.4 Å². The molecule has 7 nitrogen and oxygen atoms in total. The van der Waals surface area contributed by atoms with Gasteiger partial charge in [0.2, 0.25) is 11.7 Å². The van der Waals surface area contributed by atoms with Crippen molar-refractivity contribution in [1.29, 1.82) is 5.26 Å². The van der Waals surface area contributed by atoms with Gasteiger partial charge in [-0.15, -0.1) is 0 Å². The summed E-state index contributed by atoms with van der Waals surface area (Å²) in [5.41, 5.74) is 2.83. The Labute approximate surface area is 191 Å². The molecule has 0 aliphatic carbocycles. The van der Waals surface area contributed by atoms with Crippen LogP contribution in [0.5, 0.6) is 23.0 Å². The van der Waals surface area contributed by atoms with E-state index in [2.05, 4.69) is 11.4 Å². The molecule has 1 heterocycles. The van der Waals surface area contributed by atoms with Crippen LogP contribution in [0.25, 0.3) is 6.08 Å². The fraction of sp³-hybridized carbons (Fsp3) is 0.154. The average Bonchev–Trinajstić information content (AvgIpc) is 2.86. The maximum atomic E-state index is 12.4. The van der Waals surface area contributed by atoms with E-state index in [1.165, 1.54) is 6.08 Å². The fourth-order valence-corrected chi connectivity index (χ4v) is 3.31. The molecule has 33 heavy (non-hydrogen) atoms. The van der Waals surface area contributed by atoms with E-state index in [1.54, 1.807) is 61.7 Å². The zero-order valence-corrected chi connectivity index (χ0v) is 18.0. The van der Waals surface area contributed by atoms with Crippen molar-refractivity contribution >= 4 is 17.7 Å². The molecule has 0 spiro atoms. The molecule has 3 aromatic carbocycles. The maximum Gasteiger partial charge on any atom is 0.248 e. The predicted molar refractivity (Wildman–Crippen MR) is 124 cm³/mol. The Balaban J connectivity index is 1.39. The lowest BCUT2D eigenvalue weighted by Gasteiger charge is -2.20. The monoisotopic (exact) mass is 442 g/mol. The highest BCUT2D eigenvalue weighted by Gasteiger charge is 2.17. The van der Waals surface area contributed by atoms with Gasteiger partial charge in [0.1, 0.15) is 25.6 Å². The summed E-state index contributed by atoms with van der Waals surface area (Å²) in [6.07, 6.45) is 3.12. The van der Waals surface area contributed by atoms with Crippen molar-refractivity contribution in [3.05, 3.63) is 83.4 Å². The maximum absolute atomic E-state index is 12.4. The van der Waals surface area contributed by atoms with E-state index < -0.39 is 0 Å². The number of methoxy groups -OCH3 is 1. The van der Waals surface area contributed by atoms with Crippen LogP contribution in [0.15, 0.2) is 66.7 Å². The summed E-state index contributed by atoms with van der Waals surface area (Å²) in [5.74, 6) is 2.03. The molecule has 166 valence electrons. The summed E-state index contributed by atoms with van der Waals surface area (Å²) in [5, 5.41) is 11.8.